The second-order valence-corrected chi connectivity index (χ2v) is 6.83. The molecule has 0 bridgehead atoms. The first-order chi connectivity index (χ1) is 15.2. The fraction of sp³-hybridized carbons (Fsp3) is 0.0800. The molecule has 0 aliphatic rings. The smallest absolute Gasteiger partial charge is 0.135 e. The van der Waals surface area contributed by atoms with Crippen LogP contribution in [0.3, 0.4) is 0 Å². The van der Waals surface area contributed by atoms with Gasteiger partial charge in [-0.25, -0.2) is 0 Å². The molecule has 154 valence electrons. The number of aromatic nitrogens is 1. The number of furan rings is 1. The summed E-state index contributed by atoms with van der Waals surface area (Å²) in [6.45, 7) is 0. The molecule has 6 heteroatoms. The Kier molecular flexibility index (Phi) is 6.18. The van der Waals surface area contributed by atoms with Crippen LogP contribution in [0.2, 0.25) is 0 Å². The highest BCUT2D eigenvalue weighted by Crippen LogP contribution is 2.35. The number of para-hydroxylation sites is 2. The number of hydrogen-bond acceptors (Lipinski definition) is 6. The first-order valence-electron chi connectivity index (χ1n) is 9.79. The summed E-state index contributed by atoms with van der Waals surface area (Å²) in [5.41, 5.74) is 1.87. The van der Waals surface area contributed by atoms with Crippen molar-refractivity contribution in [2.24, 2.45) is 9.98 Å². The summed E-state index contributed by atoms with van der Waals surface area (Å²) in [5.74, 6) is 0.881. The molecule has 0 aliphatic carbocycles. The highest BCUT2D eigenvalue weighted by Gasteiger charge is 2.27. The lowest BCUT2D eigenvalue weighted by molar-refractivity contribution is 0.428. The Morgan fingerprint density at radius 1 is 0.710 bits per heavy atom. The van der Waals surface area contributed by atoms with Crippen molar-refractivity contribution in [3.8, 4) is 11.5 Å². The molecule has 0 radical (unpaired) electrons. The molecule has 2 N–H and O–H groups in total. The Morgan fingerprint density at radius 2 is 1.32 bits per heavy atom. The van der Waals surface area contributed by atoms with Gasteiger partial charge >= 0.3 is 0 Å². The number of phenolic OH excluding ortho intramolecular Hbond substituents is 2. The highest BCUT2D eigenvalue weighted by atomic mass is 16.3. The maximum Gasteiger partial charge on any atom is 0.135 e. The first-order valence-corrected chi connectivity index (χ1v) is 9.79. The molecule has 2 atom stereocenters. The van der Waals surface area contributed by atoms with Crippen LogP contribution in [-0.2, 0) is 0 Å². The summed E-state index contributed by atoms with van der Waals surface area (Å²) in [6.07, 6.45) is 6.50. The number of aromatic hydroxyl groups is 2. The van der Waals surface area contributed by atoms with Crippen LogP contribution in [0, 0.1) is 0 Å². The van der Waals surface area contributed by atoms with Crippen molar-refractivity contribution in [3.05, 3.63) is 114 Å². The van der Waals surface area contributed by atoms with Crippen molar-refractivity contribution in [2.45, 2.75) is 12.1 Å². The number of phenols is 2. The Morgan fingerprint density at radius 3 is 1.87 bits per heavy atom. The molecule has 4 aromatic rings. The average molecular weight is 411 g/mol. The van der Waals surface area contributed by atoms with Gasteiger partial charge in [-0.2, -0.15) is 0 Å². The van der Waals surface area contributed by atoms with Crippen molar-refractivity contribution < 1.29 is 14.6 Å². The molecule has 6 nitrogen and oxygen atoms in total. The third kappa shape index (κ3) is 4.87. The number of nitrogens with zero attached hydrogens (tertiary/aromatic N) is 3. The molecular weight excluding hydrogens is 390 g/mol. The lowest BCUT2D eigenvalue weighted by Crippen LogP contribution is -2.10. The molecule has 0 fully saturated rings. The average Bonchev–Trinajstić information content (AvgIpc) is 3.33. The minimum absolute atomic E-state index is 0.136. The fourth-order valence-electron chi connectivity index (χ4n) is 3.16. The van der Waals surface area contributed by atoms with Gasteiger partial charge < -0.3 is 14.6 Å². The number of hydrogen-bond donors (Lipinski definition) is 2. The third-order valence-corrected chi connectivity index (χ3v) is 4.75. The van der Waals surface area contributed by atoms with E-state index in [9.17, 15) is 10.2 Å². The molecular formula is C25H21N3O3. The molecule has 2 unspecified atom stereocenters. The maximum absolute atomic E-state index is 10.1. The van der Waals surface area contributed by atoms with E-state index < -0.39 is 12.1 Å². The topological polar surface area (TPSA) is 91.2 Å². The molecule has 0 amide bonds. The van der Waals surface area contributed by atoms with E-state index in [0.29, 0.717) is 22.6 Å². The van der Waals surface area contributed by atoms with Gasteiger partial charge in [-0.1, -0.05) is 30.3 Å². The van der Waals surface area contributed by atoms with E-state index in [-0.39, 0.29) is 11.5 Å². The van der Waals surface area contributed by atoms with Gasteiger partial charge in [0.15, 0.2) is 0 Å². The van der Waals surface area contributed by atoms with Gasteiger partial charge in [0, 0.05) is 29.8 Å². The summed E-state index contributed by atoms with van der Waals surface area (Å²) in [7, 11) is 0. The number of rotatable bonds is 7. The zero-order valence-electron chi connectivity index (χ0n) is 16.6. The van der Waals surface area contributed by atoms with Gasteiger partial charge in [0.25, 0.3) is 0 Å². The van der Waals surface area contributed by atoms with Crippen molar-refractivity contribution >= 4 is 12.4 Å². The first kappa shape index (κ1) is 20.1. The minimum Gasteiger partial charge on any atom is -0.507 e. The monoisotopic (exact) mass is 411 g/mol. The molecule has 2 aromatic heterocycles. The molecule has 0 saturated carbocycles. The Labute approximate surface area is 179 Å². The molecule has 4 rings (SSSR count). The Hall–Kier alpha value is -4.19. The largest absolute Gasteiger partial charge is 0.507 e. The van der Waals surface area contributed by atoms with Gasteiger partial charge in [0.1, 0.15) is 29.3 Å². The summed E-state index contributed by atoms with van der Waals surface area (Å²) in [5, 5.41) is 20.2. The molecule has 31 heavy (non-hydrogen) atoms. The normalized spacial score (nSPS) is 13.5. The van der Waals surface area contributed by atoms with Crippen LogP contribution >= 0.6 is 0 Å². The van der Waals surface area contributed by atoms with E-state index >= 15 is 0 Å². The van der Waals surface area contributed by atoms with Gasteiger partial charge in [0.2, 0.25) is 0 Å². The van der Waals surface area contributed by atoms with Crippen molar-refractivity contribution in [1.82, 2.24) is 4.98 Å². The SMILES string of the molecule is Oc1ccccc1C=NC(c1ccccn1)C(N=Cc1ccccc1O)c1ccco1. The predicted molar refractivity (Wildman–Crippen MR) is 120 cm³/mol. The van der Waals surface area contributed by atoms with Gasteiger partial charge in [-0.05, 0) is 48.5 Å². The van der Waals surface area contributed by atoms with Crippen LogP contribution in [0.5, 0.6) is 11.5 Å². The summed E-state index contributed by atoms with van der Waals surface area (Å²) in [6, 6.07) is 22.1. The number of pyridine rings is 1. The molecule has 0 spiro atoms. The fourth-order valence-corrected chi connectivity index (χ4v) is 3.16. The van der Waals surface area contributed by atoms with Gasteiger partial charge in [-0.15, -0.1) is 0 Å². The van der Waals surface area contributed by atoms with E-state index in [4.69, 9.17) is 14.4 Å². The lowest BCUT2D eigenvalue weighted by Gasteiger charge is -2.19. The quantitative estimate of drug-likeness (QED) is 0.414. The minimum atomic E-state index is -0.536. The third-order valence-electron chi connectivity index (χ3n) is 4.75. The Bertz CT molecular complexity index is 1170. The van der Waals surface area contributed by atoms with Gasteiger partial charge in [0.05, 0.1) is 12.0 Å². The van der Waals surface area contributed by atoms with E-state index in [1.807, 2.05) is 36.4 Å². The van der Waals surface area contributed by atoms with Crippen LogP contribution in [0.15, 0.2) is 106 Å². The van der Waals surface area contributed by atoms with Crippen LogP contribution in [0.25, 0.3) is 0 Å². The molecule has 0 saturated heterocycles. The zero-order valence-corrected chi connectivity index (χ0v) is 16.6. The van der Waals surface area contributed by atoms with E-state index in [1.54, 1.807) is 67.4 Å². The van der Waals surface area contributed by atoms with Gasteiger partial charge in [-0.3, -0.25) is 15.0 Å². The van der Waals surface area contributed by atoms with E-state index in [1.165, 1.54) is 0 Å². The van der Waals surface area contributed by atoms with Crippen molar-refractivity contribution in [3.63, 3.8) is 0 Å². The maximum atomic E-state index is 10.1. The summed E-state index contributed by atoms with van der Waals surface area (Å²) >= 11 is 0. The van der Waals surface area contributed by atoms with E-state index in [2.05, 4.69) is 4.98 Å². The van der Waals surface area contributed by atoms with Crippen molar-refractivity contribution in [2.75, 3.05) is 0 Å². The van der Waals surface area contributed by atoms with Crippen molar-refractivity contribution in [1.29, 1.82) is 0 Å². The van der Waals surface area contributed by atoms with E-state index in [0.717, 1.165) is 0 Å². The summed E-state index contributed by atoms with van der Waals surface area (Å²) < 4.78 is 5.67. The number of aliphatic imine (C=N–C) groups is 2. The summed E-state index contributed by atoms with van der Waals surface area (Å²) in [4.78, 5) is 13.9. The number of benzene rings is 2. The predicted octanol–water partition coefficient (Wildman–Crippen LogP) is 5.11. The zero-order chi connectivity index (χ0) is 21.5. The molecule has 0 aliphatic heterocycles. The standard InChI is InChI=1S/C25H21N3O3/c29-21-11-3-1-8-18(21)16-27-24(20-10-5-6-14-26-20)25(23-13-7-15-31-23)28-17-19-9-2-4-12-22(19)30/h1-17,24-25,29-30H. The second kappa shape index (κ2) is 9.54. The van der Waals surface area contributed by atoms with Crippen LogP contribution in [-0.4, -0.2) is 27.6 Å². The molecule has 2 heterocycles. The Balaban J connectivity index is 1.77. The van der Waals surface area contributed by atoms with Crippen LogP contribution in [0.4, 0.5) is 0 Å². The second-order valence-electron chi connectivity index (χ2n) is 6.83. The lowest BCUT2D eigenvalue weighted by atomic mass is 10.0. The molecule has 2 aromatic carbocycles. The highest BCUT2D eigenvalue weighted by molar-refractivity contribution is 5.84. The van der Waals surface area contributed by atoms with Crippen LogP contribution < -0.4 is 0 Å². The van der Waals surface area contributed by atoms with Crippen LogP contribution in [0.1, 0.15) is 34.7 Å².